The van der Waals surface area contributed by atoms with E-state index < -0.39 is 8.07 Å². The summed E-state index contributed by atoms with van der Waals surface area (Å²) in [5.41, 5.74) is 4.72. The minimum absolute atomic E-state index is 0.00569. The van der Waals surface area contributed by atoms with E-state index in [1.807, 2.05) is 0 Å². The molecule has 1 rings (SSSR count). The average molecular weight is 421 g/mol. The second kappa shape index (κ2) is 14.7. The molecule has 0 aromatic carbocycles. The van der Waals surface area contributed by atoms with Gasteiger partial charge in [0.2, 0.25) is 0 Å². The van der Waals surface area contributed by atoms with E-state index in [4.69, 9.17) is 5.73 Å². The zero-order valence-corrected chi connectivity index (χ0v) is 21.9. The first kappa shape index (κ1) is 26.8. The molecule has 2 heteroatoms. The van der Waals surface area contributed by atoms with E-state index in [0.29, 0.717) is 0 Å². The van der Waals surface area contributed by atoms with Gasteiger partial charge in [-0.1, -0.05) is 110 Å². The lowest BCUT2D eigenvalue weighted by molar-refractivity contribution is -0.459. The molecule has 0 aromatic rings. The topological polar surface area (TPSA) is 27.6 Å². The Balaban J connectivity index is 2.57. The molecule has 1 fully saturated rings. The van der Waals surface area contributed by atoms with E-state index in [1.165, 1.54) is 102 Å². The molecule has 1 saturated carbocycles. The third-order valence-corrected chi connectivity index (χ3v) is 8.68. The molecule has 3 N–H and O–H groups in total. The Bertz CT molecular complexity index is 463. The number of hydrogen-bond donors (Lipinski definition) is 1. The highest BCUT2D eigenvalue weighted by Crippen LogP contribution is 2.30. The first-order valence-electron chi connectivity index (χ1n) is 13.1. The minimum atomic E-state index is -0.997. The van der Waals surface area contributed by atoms with Crippen LogP contribution in [0.25, 0.3) is 0 Å². The summed E-state index contributed by atoms with van der Waals surface area (Å²) >= 11 is 0. The summed E-state index contributed by atoms with van der Waals surface area (Å²) in [7, 11) is -0.997. The van der Waals surface area contributed by atoms with Gasteiger partial charge in [-0.2, -0.15) is 0 Å². The van der Waals surface area contributed by atoms with Crippen molar-refractivity contribution in [1.29, 1.82) is 0 Å². The molecular weight excluding hydrogens is 366 g/mol. The lowest BCUT2D eigenvalue weighted by atomic mass is 9.82. The van der Waals surface area contributed by atoms with Gasteiger partial charge in [-0.25, -0.2) is 0 Å². The molecule has 0 aliphatic heterocycles. The smallest absolute Gasteiger partial charge is 0.156 e. The highest BCUT2D eigenvalue weighted by Gasteiger charge is 2.29. The van der Waals surface area contributed by atoms with Crippen molar-refractivity contribution in [2.24, 2.45) is 11.8 Å². The number of hydrogen-bond acceptors (Lipinski definition) is 0. The molecule has 0 bridgehead atoms. The van der Waals surface area contributed by atoms with Crippen molar-refractivity contribution in [1.82, 2.24) is 0 Å². The van der Waals surface area contributed by atoms with Gasteiger partial charge < -0.3 is 5.73 Å². The number of unbranched alkanes of at least 4 members (excludes halogenated alkanes) is 3. The molecule has 1 aliphatic rings. The molecule has 2 unspecified atom stereocenters. The van der Waals surface area contributed by atoms with Crippen LogP contribution in [0.1, 0.15) is 117 Å². The Hall–Kier alpha value is -0.263. The van der Waals surface area contributed by atoms with Crippen molar-refractivity contribution in [3.05, 3.63) is 0 Å². The quantitative estimate of drug-likeness (QED) is 0.168. The summed E-state index contributed by atoms with van der Waals surface area (Å²) in [5.74, 6) is 9.11. The van der Waals surface area contributed by atoms with E-state index in [2.05, 4.69) is 45.3 Å². The zero-order valence-electron chi connectivity index (χ0n) is 20.9. The molecule has 0 heterocycles. The normalized spacial score (nSPS) is 18.7. The summed E-state index contributed by atoms with van der Waals surface area (Å²) in [6.45, 7) is 12.2. The highest BCUT2D eigenvalue weighted by atomic mass is 28.3. The van der Waals surface area contributed by atoms with Crippen LogP contribution in [0.5, 0.6) is 0 Å². The second-order valence-electron chi connectivity index (χ2n) is 11.4. The number of quaternary nitrogens is 1. The van der Waals surface area contributed by atoms with Gasteiger partial charge in [-0.05, 0) is 37.0 Å². The molecule has 0 aromatic heterocycles. The van der Waals surface area contributed by atoms with E-state index in [-0.39, 0.29) is 5.54 Å². The lowest BCUT2D eigenvalue weighted by Gasteiger charge is -2.28. The van der Waals surface area contributed by atoms with Crippen LogP contribution in [-0.4, -0.2) is 13.6 Å². The third kappa shape index (κ3) is 13.6. The van der Waals surface area contributed by atoms with E-state index in [1.54, 1.807) is 0 Å². The maximum absolute atomic E-state index is 4.72. The van der Waals surface area contributed by atoms with Crippen LogP contribution in [0.3, 0.4) is 0 Å². The molecule has 0 spiro atoms. The highest BCUT2D eigenvalue weighted by molar-refractivity contribution is 6.76. The summed E-state index contributed by atoms with van der Waals surface area (Å²) < 4.78 is 0. The van der Waals surface area contributed by atoms with Crippen LogP contribution in [-0.2, 0) is 0 Å². The molecule has 0 amide bonds. The third-order valence-electron chi connectivity index (χ3n) is 6.88. The minimum Gasteiger partial charge on any atom is -0.343 e. The predicted octanol–water partition coefficient (Wildman–Crippen LogP) is 7.84. The van der Waals surface area contributed by atoms with Gasteiger partial charge in [0, 0.05) is 27.3 Å². The molecular formula is C27H54NSi+. The Labute approximate surface area is 185 Å². The molecule has 0 saturated heterocycles. The first-order chi connectivity index (χ1) is 13.8. The van der Waals surface area contributed by atoms with Crippen molar-refractivity contribution >= 4 is 8.07 Å². The molecule has 1 aliphatic carbocycles. The van der Waals surface area contributed by atoms with Gasteiger partial charge >= 0.3 is 0 Å². The van der Waals surface area contributed by atoms with Gasteiger partial charge in [0.1, 0.15) is 0 Å². The summed E-state index contributed by atoms with van der Waals surface area (Å²) in [4.78, 5) is 0. The van der Waals surface area contributed by atoms with Gasteiger partial charge in [0.05, 0.1) is 0 Å². The van der Waals surface area contributed by atoms with Crippen LogP contribution < -0.4 is 5.73 Å². The molecule has 170 valence electrons. The molecule has 0 radical (unpaired) electrons. The Morgan fingerprint density at radius 3 is 2.28 bits per heavy atom. The van der Waals surface area contributed by atoms with E-state index >= 15 is 0 Å². The summed E-state index contributed by atoms with van der Waals surface area (Å²) in [5, 5.41) is 0. The monoisotopic (exact) mass is 420 g/mol. The van der Waals surface area contributed by atoms with E-state index in [9.17, 15) is 0 Å². The fourth-order valence-corrected chi connectivity index (χ4v) is 7.38. The second-order valence-corrected chi connectivity index (χ2v) is 16.9. The number of rotatable bonds is 14. The zero-order chi connectivity index (χ0) is 21.6. The molecule has 1 nitrogen and oxygen atoms in total. The summed E-state index contributed by atoms with van der Waals surface area (Å²) in [6.07, 6.45) is 21.6. The molecule has 29 heavy (non-hydrogen) atoms. The van der Waals surface area contributed by atoms with Gasteiger partial charge in [-0.3, -0.25) is 0 Å². The van der Waals surface area contributed by atoms with Crippen LogP contribution in [0.4, 0.5) is 0 Å². The maximum Gasteiger partial charge on any atom is 0.156 e. The Kier molecular flexibility index (Phi) is 13.6. The molecule has 2 atom stereocenters. The largest absolute Gasteiger partial charge is 0.343 e. The first-order valence-corrected chi connectivity index (χ1v) is 16.8. The van der Waals surface area contributed by atoms with Crippen LogP contribution in [0.15, 0.2) is 0 Å². The van der Waals surface area contributed by atoms with Gasteiger partial charge in [0.25, 0.3) is 0 Å². The summed E-state index contributed by atoms with van der Waals surface area (Å²) in [6, 6.07) is 1.47. The van der Waals surface area contributed by atoms with Crippen molar-refractivity contribution in [2.75, 3.05) is 0 Å². The van der Waals surface area contributed by atoms with E-state index in [0.717, 1.165) is 18.3 Å². The van der Waals surface area contributed by atoms with Crippen LogP contribution in [0, 0.1) is 23.7 Å². The van der Waals surface area contributed by atoms with Gasteiger partial charge in [0.15, 0.2) is 5.54 Å². The average Bonchev–Trinajstić information content (AvgIpc) is 2.67. The van der Waals surface area contributed by atoms with Gasteiger partial charge in [-0.15, -0.1) is 0 Å². The fourth-order valence-electron chi connectivity index (χ4n) is 5.24. The van der Waals surface area contributed by atoms with Crippen LogP contribution >= 0.6 is 0 Å². The van der Waals surface area contributed by atoms with Crippen molar-refractivity contribution in [3.8, 4) is 11.8 Å². The van der Waals surface area contributed by atoms with Crippen molar-refractivity contribution in [3.63, 3.8) is 0 Å². The fraction of sp³-hybridized carbons (Fsp3) is 0.926. The Morgan fingerprint density at radius 1 is 0.931 bits per heavy atom. The standard InChI is InChI=1S/C27H53NSi/c1-6-8-9-14-21-27(28,22-15-13-19-25-17-11-10-12-18-25)23-20-26(16-7-2)24-29(3,4)5/h25-26H,6-13,15-20,22-24,28H2,1-5H3/p+1. The van der Waals surface area contributed by atoms with Crippen molar-refractivity contribution < 1.29 is 5.73 Å². The lowest BCUT2D eigenvalue weighted by Crippen LogP contribution is -2.72. The van der Waals surface area contributed by atoms with Crippen molar-refractivity contribution in [2.45, 2.75) is 148 Å². The van der Waals surface area contributed by atoms with Crippen LogP contribution in [0.2, 0.25) is 25.7 Å². The maximum atomic E-state index is 4.72. The predicted molar refractivity (Wildman–Crippen MR) is 134 cm³/mol. The Morgan fingerprint density at radius 2 is 1.66 bits per heavy atom. The SMILES string of the molecule is CCCCC#CC([NH3+])(CCCCC1CCCCC1)CCC(CCC)C[Si](C)(C)C.